The number of rotatable bonds is 2. The molecule has 0 N–H and O–H groups in total. The molecule has 2 atom stereocenters. The average molecular weight is 264 g/mol. The summed E-state index contributed by atoms with van der Waals surface area (Å²) in [6.07, 6.45) is 4.62. The topological polar surface area (TPSA) is 25.8 Å². The molecule has 0 saturated carbocycles. The summed E-state index contributed by atoms with van der Waals surface area (Å²) in [6, 6.07) is 8.12. The van der Waals surface area contributed by atoms with Crippen molar-refractivity contribution in [2.75, 3.05) is 0 Å². The third-order valence-electron chi connectivity index (χ3n) is 2.11. The molecule has 17 heavy (non-hydrogen) atoms. The van der Waals surface area contributed by atoms with Gasteiger partial charge < -0.3 is 0 Å². The molecule has 0 amide bonds. The third-order valence-corrected chi connectivity index (χ3v) is 2.97. The normalized spacial score (nSPS) is 9.41. The van der Waals surface area contributed by atoms with Crippen molar-refractivity contribution in [3.8, 4) is 11.4 Å². The van der Waals surface area contributed by atoms with Crippen LogP contribution in [0, 0.1) is 0 Å². The molecule has 0 aliphatic carbocycles. The van der Waals surface area contributed by atoms with Crippen LogP contribution in [0.15, 0.2) is 36.7 Å². The molecule has 4 heteroatoms. The summed E-state index contributed by atoms with van der Waals surface area (Å²) in [6.45, 7) is 4.00. The number of aromatic nitrogens is 2. The molecule has 1 aromatic carbocycles. The molecule has 0 spiro atoms. The first-order chi connectivity index (χ1) is 8.29. The van der Waals surface area contributed by atoms with Gasteiger partial charge >= 0.3 is 0 Å². The lowest BCUT2D eigenvalue weighted by Gasteiger charge is -2.01. The van der Waals surface area contributed by atoms with Gasteiger partial charge in [0.15, 0.2) is 5.82 Å². The van der Waals surface area contributed by atoms with Gasteiger partial charge in [-0.25, -0.2) is 9.97 Å². The van der Waals surface area contributed by atoms with E-state index in [1.165, 1.54) is 5.30 Å². The van der Waals surface area contributed by atoms with E-state index in [0.717, 1.165) is 23.1 Å². The fourth-order valence-electron chi connectivity index (χ4n) is 1.24. The lowest BCUT2D eigenvalue weighted by atomic mass is 10.2. The highest BCUT2D eigenvalue weighted by Crippen LogP contribution is 2.13. The molecule has 2 nitrogen and oxygen atoms in total. The van der Waals surface area contributed by atoms with Gasteiger partial charge in [-0.3, -0.25) is 0 Å². The quantitative estimate of drug-likeness (QED) is 0.779. The molecule has 0 aliphatic rings. The zero-order valence-corrected chi connectivity index (χ0v) is 12.5. The van der Waals surface area contributed by atoms with Gasteiger partial charge in [-0.2, -0.15) is 0 Å². The van der Waals surface area contributed by atoms with Crippen molar-refractivity contribution >= 4 is 23.8 Å². The third kappa shape index (κ3) is 4.15. The second-order valence-electron chi connectivity index (χ2n) is 3.24. The Balaban J connectivity index is 0.000000686. The fourth-order valence-corrected chi connectivity index (χ4v) is 1.64. The predicted octanol–water partition coefficient (Wildman–Crippen LogP) is 3.05. The molecular formula is C13H18N2P2. The molecule has 2 aromatic rings. The first-order valence-electron chi connectivity index (χ1n) is 5.66. The molecule has 0 fully saturated rings. The van der Waals surface area contributed by atoms with Crippen LogP contribution in [-0.2, 0) is 6.16 Å². The van der Waals surface area contributed by atoms with Gasteiger partial charge in [-0.1, -0.05) is 38.1 Å². The van der Waals surface area contributed by atoms with E-state index in [4.69, 9.17) is 0 Å². The standard InChI is InChI=1S/C11H12N2P2.C2H6/c14-7-8-5-12-11(13-6-8)9-1-3-10(15)4-2-9;1-2/h1-6H,7,14-15H2;1-2H3. The first-order valence-corrected chi connectivity index (χ1v) is 7.06. The lowest BCUT2D eigenvalue weighted by Crippen LogP contribution is -1.93. The van der Waals surface area contributed by atoms with Crippen LogP contribution in [0.3, 0.4) is 0 Å². The van der Waals surface area contributed by atoms with Crippen LogP contribution in [0.25, 0.3) is 11.4 Å². The minimum Gasteiger partial charge on any atom is -0.236 e. The van der Waals surface area contributed by atoms with Crippen LogP contribution in [0.2, 0.25) is 0 Å². The van der Waals surface area contributed by atoms with E-state index in [9.17, 15) is 0 Å². The largest absolute Gasteiger partial charge is 0.236 e. The van der Waals surface area contributed by atoms with E-state index in [0.29, 0.717) is 0 Å². The summed E-state index contributed by atoms with van der Waals surface area (Å²) in [7, 11) is 5.32. The van der Waals surface area contributed by atoms with Crippen LogP contribution >= 0.6 is 18.5 Å². The maximum absolute atomic E-state index is 4.32. The fraction of sp³-hybridized carbons (Fsp3) is 0.231. The second kappa shape index (κ2) is 7.48. The van der Waals surface area contributed by atoms with Crippen molar-refractivity contribution in [3.05, 3.63) is 42.2 Å². The van der Waals surface area contributed by atoms with E-state index in [1.54, 1.807) is 0 Å². The van der Waals surface area contributed by atoms with E-state index < -0.39 is 0 Å². The predicted molar refractivity (Wildman–Crippen MR) is 81.6 cm³/mol. The molecule has 1 heterocycles. The van der Waals surface area contributed by atoms with Gasteiger partial charge in [0.25, 0.3) is 0 Å². The lowest BCUT2D eigenvalue weighted by molar-refractivity contribution is 1.13. The Morgan fingerprint density at radius 3 is 2.00 bits per heavy atom. The van der Waals surface area contributed by atoms with E-state index in [-0.39, 0.29) is 0 Å². The van der Waals surface area contributed by atoms with Crippen molar-refractivity contribution < 1.29 is 0 Å². The van der Waals surface area contributed by atoms with Gasteiger partial charge in [0.2, 0.25) is 0 Å². The molecule has 2 rings (SSSR count). The van der Waals surface area contributed by atoms with Crippen molar-refractivity contribution in [2.45, 2.75) is 20.0 Å². The van der Waals surface area contributed by atoms with Crippen LogP contribution in [-0.4, -0.2) is 9.97 Å². The minimum absolute atomic E-state index is 0.780. The van der Waals surface area contributed by atoms with Gasteiger partial charge in [0.05, 0.1) is 0 Å². The van der Waals surface area contributed by atoms with Crippen molar-refractivity contribution in [3.63, 3.8) is 0 Å². The molecule has 0 bridgehead atoms. The first kappa shape index (κ1) is 14.2. The maximum atomic E-state index is 4.32. The van der Waals surface area contributed by atoms with Gasteiger partial charge in [0.1, 0.15) is 0 Å². The average Bonchev–Trinajstić information content (AvgIpc) is 2.42. The van der Waals surface area contributed by atoms with E-state index in [2.05, 4.69) is 28.4 Å². The number of benzene rings is 1. The molecular weight excluding hydrogens is 246 g/mol. The van der Waals surface area contributed by atoms with E-state index >= 15 is 0 Å². The summed E-state index contributed by atoms with van der Waals surface area (Å²) in [5.74, 6) is 0.780. The smallest absolute Gasteiger partial charge is 0.159 e. The van der Waals surface area contributed by atoms with Crippen LogP contribution in [0.5, 0.6) is 0 Å². The molecule has 90 valence electrons. The summed E-state index contributed by atoms with van der Waals surface area (Å²) in [4.78, 5) is 8.64. The second-order valence-corrected chi connectivity index (χ2v) is 4.32. The Hall–Kier alpha value is -0.840. The SMILES string of the molecule is CC.PCc1cnc(-c2ccc(P)cc2)nc1. The zero-order valence-electron chi connectivity index (χ0n) is 10.2. The Morgan fingerprint density at radius 1 is 1.00 bits per heavy atom. The Kier molecular flexibility index (Phi) is 6.26. The zero-order chi connectivity index (χ0) is 12.7. The van der Waals surface area contributed by atoms with Crippen molar-refractivity contribution in [2.24, 2.45) is 0 Å². The van der Waals surface area contributed by atoms with Gasteiger partial charge in [-0.15, -0.1) is 18.5 Å². The molecule has 0 radical (unpaired) electrons. The van der Waals surface area contributed by atoms with Crippen molar-refractivity contribution in [1.82, 2.24) is 9.97 Å². The molecule has 0 aliphatic heterocycles. The minimum atomic E-state index is 0.780. The summed E-state index contributed by atoms with van der Waals surface area (Å²) >= 11 is 0. The maximum Gasteiger partial charge on any atom is 0.159 e. The summed E-state index contributed by atoms with van der Waals surface area (Å²) in [5.41, 5.74) is 2.18. The van der Waals surface area contributed by atoms with Crippen molar-refractivity contribution in [1.29, 1.82) is 0 Å². The Labute approximate surface area is 108 Å². The number of nitrogens with zero attached hydrogens (tertiary/aromatic N) is 2. The Morgan fingerprint density at radius 2 is 1.53 bits per heavy atom. The highest BCUT2D eigenvalue weighted by atomic mass is 31.0. The summed E-state index contributed by atoms with van der Waals surface area (Å²) < 4.78 is 0. The highest BCUT2D eigenvalue weighted by molar-refractivity contribution is 7.27. The molecule has 2 unspecified atom stereocenters. The van der Waals surface area contributed by atoms with Crippen LogP contribution in [0.1, 0.15) is 19.4 Å². The van der Waals surface area contributed by atoms with E-state index in [1.807, 2.05) is 50.5 Å². The molecule has 0 saturated heterocycles. The summed E-state index contributed by atoms with van der Waals surface area (Å²) in [5, 5.41) is 1.17. The monoisotopic (exact) mass is 264 g/mol. The van der Waals surface area contributed by atoms with Crippen LogP contribution < -0.4 is 5.30 Å². The highest BCUT2D eigenvalue weighted by Gasteiger charge is 1.99. The number of hydrogen-bond acceptors (Lipinski definition) is 2. The molecule has 1 aromatic heterocycles. The van der Waals surface area contributed by atoms with Gasteiger partial charge in [-0.05, 0) is 17.0 Å². The Bertz CT molecular complexity index is 438. The van der Waals surface area contributed by atoms with Crippen LogP contribution in [0.4, 0.5) is 0 Å². The van der Waals surface area contributed by atoms with Gasteiger partial charge in [0, 0.05) is 18.0 Å². The number of hydrogen-bond donors (Lipinski definition) is 0.